The largest absolute Gasteiger partial charge is 0.484 e. The third-order valence-electron chi connectivity index (χ3n) is 5.26. The lowest BCUT2D eigenvalue weighted by atomic mass is 10.2. The number of fused-ring (bicyclic) bond motifs is 1. The second-order valence-electron chi connectivity index (χ2n) is 7.34. The van der Waals surface area contributed by atoms with Crippen LogP contribution >= 0.6 is 27.5 Å². The number of halogens is 3. The molecular weight excluding hydrogens is 467 g/mol. The Morgan fingerprint density at radius 1 is 1.17 bits per heavy atom. The molecule has 0 aromatic heterocycles. The summed E-state index contributed by atoms with van der Waals surface area (Å²) in [4.78, 5) is 24.1. The van der Waals surface area contributed by atoms with Crippen molar-refractivity contribution < 1.29 is 23.5 Å². The Morgan fingerprint density at radius 2 is 1.90 bits per heavy atom. The van der Waals surface area contributed by atoms with E-state index >= 15 is 0 Å². The highest BCUT2D eigenvalue weighted by Crippen LogP contribution is 2.78. The van der Waals surface area contributed by atoms with Crippen LogP contribution in [0.25, 0.3) is 0 Å². The van der Waals surface area contributed by atoms with Gasteiger partial charge in [-0.3, -0.25) is 10.1 Å². The topological polar surface area (TPSA) is 76.7 Å². The smallest absolute Gasteiger partial charge is 0.411 e. The summed E-state index contributed by atoms with van der Waals surface area (Å²) in [5.74, 6) is -0.686. The Morgan fingerprint density at radius 3 is 2.59 bits per heavy atom. The normalized spacial score (nSPS) is 23.6. The van der Waals surface area contributed by atoms with Crippen molar-refractivity contribution in [3.05, 3.63) is 57.8 Å². The van der Waals surface area contributed by atoms with Crippen molar-refractivity contribution in [2.24, 2.45) is 5.41 Å². The number of anilines is 1. The summed E-state index contributed by atoms with van der Waals surface area (Å²) >= 11 is 8.94. The number of amides is 2. The second kappa shape index (κ2) is 7.50. The molecule has 2 aromatic carbocycles. The van der Waals surface area contributed by atoms with Gasteiger partial charge in [0.1, 0.15) is 18.2 Å². The highest BCUT2D eigenvalue weighted by molar-refractivity contribution is 9.10. The van der Waals surface area contributed by atoms with E-state index in [-0.39, 0.29) is 40.8 Å². The molecule has 0 saturated heterocycles. The zero-order valence-electron chi connectivity index (χ0n) is 15.1. The van der Waals surface area contributed by atoms with E-state index in [1.807, 2.05) is 12.1 Å². The molecule has 9 heteroatoms. The maximum atomic E-state index is 13.4. The van der Waals surface area contributed by atoms with E-state index in [0.29, 0.717) is 5.69 Å². The van der Waals surface area contributed by atoms with Gasteiger partial charge in [-0.25, -0.2) is 9.18 Å². The number of ether oxygens (including phenoxy) is 2. The molecule has 6 nitrogen and oxygen atoms in total. The summed E-state index contributed by atoms with van der Waals surface area (Å²) in [6, 6.07) is 11.1. The number of benzene rings is 2. The van der Waals surface area contributed by atoms with Crippen LogP contribution in [0.5, 0.6) is 5.75 Å². The number of hydrogen-bond donors (Lipinski definition) is 2. The Bertz CT molecular complexity index is 963. The van der Waals surface area contributed by atoms with Gasteiger partial charge in [0.2, 0.25) is 0 Å². The van der Waals surface area contributed by atoms with Crippen molar-refractivity contribution in [1.29, 1.82) is 0 Å². The monoisotopic (exact) mass is 482 g/mol. The van der Waals surface area contributed by atoms with Gasteiger partial charge in [-0.1, -0.05) is 27.5 Å². The van der Waals surface area contributed by atoms with E-state index in [2.05, 4.69) is 26.6 Å². The molecule has 2 fully saturated rings. The van der Waals surface area contributed by atoms with Crippen molar-refractivity contribution in [2.75, 3.05) is 18.5 Å². The van der Waals surface area contributed by atoms with Gasteiger partial charge < -0.3 is 14.8 Å². The SMILES string of the molecule is O=C(COc1ccc(Cl)c(F)c1)NC12CC1(COC(=O)Nc1ccc(Br)cc1)C2. The van der Waals surface area contributed by atoms with Gasteiger partial charge in [0.05, 0.1) is 10.6 Å². The number of rotatable bonds is 7. The van der Waals surface area contributed by atoms with Crippen molar-refractivity contribution in [3.8, 4) is 5.75 Å². The highest BCUT2D eigenvalue weighted by Gasteiger charge is 2.84. The van der Waals surface area contributed by atoms with Crippen LogP contribution in [0.1, 0.15) is 12.8 Å². The minimum atomic E-state index is -0.606. The second-order valence-corrected chi connectivity index (χ2v) is 8.66. The number of carbonyl (C=O) groups excluding carboxylic acids is 2. The van der Waals surface area contributed by atoms with Gasteiger partial charge in [0.25, 0.3) is 5.91 Å². The Hall–Kier alpha value is -2.32. The molecule has 2 aliphatic carbocycles. The fraction of sp³-hybridized carbons (Fsp3) is 0.300. The molecule has 0 unspecified atom stereocenters. The van der Waals surface area contributed by atoms with Crippen LogP contribution in [0.4, 0.5) is 14.9 Å². The zero-order chi connectivity index (χ0) is 20.6. The first-order valence-corrected chi connectivity index (χ1v) is 10.1. The lowest BCUT2D eigenvalue weighted by Crippen LogP contribution is -2.35. The minimum Gasteiger partial charge on any atom is -0.484 e. The summed E-state index contributed by atoms with van der Waals surface area (Å²) in [6.07, 6.45) is 0.980. The molecule has 2 aromatic rings. The number of nitrogens with one attached hydrogen (secondary N) is 2. The molecule has 2 saturated carbocycles. The first kappa shape index (κ1) is 20.0. The summed E-state index contributed by atoms with van der Waals surface area (Å²) in [6.45, 7) is 0.00269. The maximum absolute atomic E-state index is 13.4. The third-order valence-corrected chi connectivity index (χ3v) is 6.09. The molecule has 2 amide bonds. The van der Waals surface area contributed by atoms with Gasteiger partial charge in [0, 0.05) is 21.6 Å². The standard InChI is InChI=1S/C20H17BrClFN2O4/c21-12-1-3-13(4-2-12)24-18(27)29-11-19-9-20(19,10-19)25-17(26)8-28-14-5-6-15(22)16(23)7-14/h1-7H,8-11H2,(H,24,27)(H,25,26). The Kier molecular flexibility index (Phi) is 5.16. The lowest BCUT2D eigenvalue weighted by Gasteiger charge is -2.09. The first-order valence-electron chi connectivity index (χ1n) is 8.89. The van der Waals surface area contributed by atoms with Crippen molar-refractivity contribution in [2.45, 2.75) is 18.4 Å². The molecule has 152 valence electrons. The molecule has 0 heterocycles. The van der Waals surface area contributed by atoms with Crippen LogP contribution in [-0.2, 0) is 9.53 Å². The average molecular weight is 484 g/mol. The van der Waals surface area contributed by atoms with Gasteiger partial charge in [-0.2, -0.15) is 0 Å². The predicted molar refractivity (Wildman–Crippen MR) is 109 cm³/mol. The van der Waals surface area contributed by atoms with Crippen LogP contribution in [0.15, 0.2) is 46.9 Å². The van der Waals surface area contributed by atoms with Crippen LogP contribution < -0.4 is 15.4 Å². The summed E-state index contributed by atoms with van der Waals surface area (Å²) < 4.78 is 24.9. The summed E-state index contributed by atoms with van der Waals surface area (Å²) in [5.41, 5.74) is 0.125. The highest BCUT2D eigenvalue weighted by atomic mass is 79.9. The van der Waals surface area contributed by atoms with Crippen LogP contribution in [0.3, 0.4) is 0 Å². The lowest BCUT2D eigenvalue weighted by molar-refractivity contribution is -0.123. The Labute approximate surface area is 179 Å². The van der Waals surface area contributed by atoms with Crippen LogP contribution in [0, 0.1) is 11.2 Å². The molecule has 0 radical (unpaired) electrons. The fourth-order valence-corrected chi connectivity index (χ4v) is 3.77. The fourth-order valence-electron chi connectivity index (χ4n) is 3.39. The molecule has 29 heavy (non-hydrogen) atoms. The zero-order valence-corrected chi connectivity index (χ0v) is 17.5. The Balaban J connectivity index is 1.19. The van der Waals surface area contributed by atoms with Crippen molar-refractivity contribution in [3.63, 3.8) is 0 Å². The van der Waals surface area contributed by atoms with Gasteiger partial charge in [0.15, 0.2) is 6.61 Å². The van der Waals surface area contributed by atoms with E-state index in [0.717, 1.165) is 23.4 Å². The average Bonchev–Trinajstić information content (AvgIpc) is 3.49. The third kappa shape index (κ3) is 4.33. The van der Waals surface area contributed by atoms with Gasteiger partial charge >= 0.3 is 6.09 Å². The van der Waals surface area contributed by atoms with E-state index < -0.39 is 11.9 Å². The van der Waals surface area contributed by atoms with Gasteiger partial charge in [-0.15, -0.1) is 0 Å². The number of carbonyl (C=O) groups is 2. The van der Waals surface area contributed by atoms with Crippen molar-refractivity contribution >= 4 is 45.2 Å². The maximum Gasteiger partial charge on any atom is 0.411 e. The van der Waals surface area contributed by atoms with E-state index in [9.17, 15) is 14.0 Å². The summed E-state index contributed by atoms with van der Waals surface area (Å²) in [5, 5.41) is 5.57. The van der Waals surface area contributed by atoms with E-state index in [4.69, 9.17) is 21.1 Å². The predicted octanol–water partition coefficient (Wildman–Crippen LogP) is 4.52. The quantitative estimate of drug-likeness (QED) is 0.607. The molecule has 0 atom stereocenters. The van der Waals surface area contributed by atoms with Crippen LogP contribution in [0.2, 0.25) is 5.02 Å². The van der Waals surface area contributed by atoms with Crippen molar-refractivity contribution in [1.82, 2.24) is 5.32 Å². The minimum absolute atomic E-state index is 0.00870. The van der Waals surface area contributed by atoms with Crippen LogP contribution in [-0.4, -0.2) is 30.8 Å². The molecule has 2 N–H and O–H groups in total. The molecule has 0 bridgehead atoms. The van der Waals surface area contributed by atoms with E-state index in [1.165, 1.54) is 12.1 Å². The molecule has 2 aliphatic rings. The summed E-state index contributed by atoms with van der Waals surface area (Å²) in [7, 11) is 0. The molecule has 0 spiro atoms. The number of hydrogen-bond acceptors (Lipinski definition) is 4. The molecular formula is C20H17BrClFN2O4. The first-order chi connectivity index (χ1) is 13.8. The molecule has 4 rings (SSSR count). The van der Waals surface area contributed by atoms with Gasteiger partial charge in [-0.05, 0) is 49.2 Å². The molecule has 0 aliphatic heterocycles. The van der Waals surface area contributed by atoms with E-state index in [1.54, 1.807) is 12.1 Å².